The van der Waals surface area contributed by atoms with Crippen LogP contribution in [0.4, 0.5) is 0 Å². The van der Waals surface area contributed by atoms with Gasteiger partial charge >= 0.3 is 0 Å². The number of quaternary nitrogens is 2. The van der Waals surface area contributed by atoms with Crippen molar-refractivity contribution >= 4 is 15.9 Å². The van der Waals surface area contributed by atoms with E-state index in [1.807, 2.05) is 0 Å². The minimum Gasteiger partial charge on any atom is -0.455 e. The molecule has 0 atom stereocenters. The molecule has 3 nitrogen and oxygen atoms in total. The minimum atomic E-state index is 0.916. The molecule has 0 aliphatic carbocycles. The van der Waals surface area contributed by atoms with Crippen molar-refractivity contribution in [1.82, 2.24) is 0 Å². The number of hydrogen-bond acceptors (Lipinski definition) is 1. The normalized spacial score (nSPS) is 10.9. The lowest BCUT2D eigenvalue weighted by Crippen LogP contribution is -2.85. The summed E-state index contributed by atoms with van der Waals surface area (Å²) in [5.74, 6) is 1.99. The smallest absolute Gasteiger partial charge is 0.158 e. The lowest BCUT2D eigenvalue weighted by atomic mass is 10.1. The summed E-state index contributed by atoms with van der Waals surface area (Å²) in [6.45, 7) is 5.35. The highest BCUT2D eigenvalue weighted by Crippen LogP contribution is 2.26. The summed E-state index contributed by atoms with van der Waals surface area (Å²) in [7, 11) is 2.11. The predicted octanol–water partition coefficient (Wildman–Crippen LogP) is 1.66. The highest BCUT2D eigenvalue weighted by Gasteiger charge is 2.07. The maximum absolute atomic E-state index is 5.92. The molecular weight excluding hydrogens is 316 g/mol. The van der Waals surface area contributed by atoms with E-state index in [0.29, 0.717) is 0 Å². The van der Waals surface area contributed by atoms with Gasteiger partial charge in [-0.25, -0.2) is 0 Å². The van der Waals surface area contributed by atoms with E-state index in [0.717, 1.165) is 34.6 Å². The first kappa shape index (κ1) is 15.3. The van der Waals surface area contributed by atoms with Crippen LogP contribution in [0.5, 0.6) is 0 Å². The quantitative estimate of drug-likeness (QED) is 0.741. The number of halogens is 1. The van der Waals surface area contributed by atoms with E-state index < -0.39 is 0 Å². The Hall–Kier alpha value is -1.10. The van der Waals surface area contributed by atoms with E-state index >= 15 is 0 Å². The lowest BCUT2D eigenvalue weighted by molar-refractivity contribution is -0.683. The second kappa shape index (κ2) is 7.62. The molecule has 4 heteroatoms. The molecular formula is C16H23BrN2O+2. The van der Waals surface area contributed by atoms with E-state index in [-0.39, 0.29) is 0 Å². The van der Waals surface area contributed by atoms with Crippen LogP contribution in [0.15, 0.2) is 39.2 Å². The highest BCUT2D eigenvalue weighted by atomic mass is 79.9. The topological polar surface area (TPSA) is 46.4 Å². The number of benzene rings is 1. The SMILES string of the molecule is C[NH2+]CCC[NH2+]Cc1ccc(-c2ccc(Br)c(C)c2)o1. The second-order valence-corrected chi connectivity index (χ2v) is 5.92. The molecule has 1 aromatic carbocycles. The molecule has 0 bridgehead atoms. The average Bonchev–Trinajstić information content (AvgIpc) is 2.90. The molecule has 0 unspecified atom stereocenters. The summed E-state index contributed by atoms with van der Waals surface area (Å²) in [4.78, 5) is 0. The number of aryl methyl sites for hydroxylation is 1. The van der Waals surface area contributed by atoms with Crippen molar-refractivity contribution in [2.24, 2.45) is 0 Å². The van der Waals surface area contributed by atoms with Crippen molar-refractivity contribution in [3.63, 3.8) is 0 Å². The van der Waals surface area contributed by atoms with E-state index in [9.17, 15) is 0 Å². The van der Waals surface area contributed by atoms with Gasteiger partial charge in [-0.15, -0.1) is 0 Å². The molecule has 0 aliphatic heterocycles. The maximum atomic E-state index is 5.92. The van der Waals surface area contributed by atoms with Crippen LogP contribution in [0.1, 0.15) is 17.7 Å². The second-order valence-electron chi connectivity index (χ2n) is 5.06. The Balaban J connectivity index is 1.93. The molecule has 0 spiro atoms. The fraction of sp³-hybridized carbons (Fsp3) is 0.375. The molecule has 0 saturated carbocycles. The van der Waals surface area contributed by atoms with Gasteiger partial charge in [0.05, 0.1) is 20.1 Å². The van der Waals surface area contributed by atoms with E-state index in [1.165, 1.54) is 18.5 Å². The lowest BCUT2D eigenvalue weighted by Gasteiger charge is -2.02. The van der Waals surface area contributed by atoms with Gasteiger partial charge in [-0.1, -0.05) is 22.0 Å². The summed E-state index contributed by atoms with van der Waals surface area (Å²) >= 11 is 3.52. The van der Waals surface area contributed by atoms with Crippen LogP contribution in [-0.2, 0) is 6.54 Å². The van der Waals surface area contributed by atoms with Crippen LogP contribution in [0.2, 0.25) is 0 Å². The predicted molar refractivity (Wildman–Crippen MR) is 84.4 cm³/mol. The van der Waals surface area contributed by atoms with Crippen molar-refractivity contribution in [2.75, 3.05) is 20.1 Å². The van der Waals surface area contributed by atoms with E-state index in [4.69, 9.17) is 4.42 Å². The fourth-order valence-electron chi connectivity index (χ4n) is 2.15. The Morgan fingerprint density at radius 2 is 2.00 bits per heavy atom. The minimum absolute atomic E-state index is 0.916. The molecule has 0 saturated heterocycles. The third kappa shape index (κ3) is 4.20. The summed E-state index contributed by atoms with van der Waals surface area (Å²) in [6, 6.07) is 10.4. The number of furan rings is 1. The summed E-state index contributed by atoms with van der Waals surface area (Å²) in [5, 5.41) is 4.52. The van der Waals surface area contributed by atoms with Crippen molar-refractivity contribution < 1.29 is 15.1 Å². The summed E-state index contributed by atoms with van der Waals surface area (Å²) in [5.41, 5.74) is 2.36. The third-order valence-corrected chi connectivity index (χ3v) is 4.24. The molecule has 0 amide bonds. The first-order valence-corrected chi connectivity index (χ1v) is 7.94. The van der Waals surface area contributed by atoms with Gasteiger partial charge in [0.1, 0.15) is 12.3 Å². The van der Waals surface area contributed by atoms with E-state index in [2.05, 4.69) is 70.9 Å². The van der Waals surface area contributed by atoms with Gasteiger partial charge in [-0.3, -0.25) is 0 Å². The molecule has 2 rings (SSSR count). The molecule has 4 N–H and O–H groups in total. The van der Waals surface area contributed by atoms with Crippen LogP contribution in [0.25, 0.3) is 11.3 Å². The average molecular weight is 339 g/mol. The fourth-order valence-corrected chi connectivity index (χ4v) is 2.40. The molecule has 1 heterocycles. The Morgan fingerprint density at radius 1 is 1.15 bits per heavy atom. The van der Waals surface area contributed by atoms with Gasteiger partial charge in [0.2, 0.25) is 0 Å². The molecule has 0 aliphatic rings. The monoisotopic (exact) mass is 338 g/mol. The third-order valence-electron chi connectivity index (χ3n) is 3.35. The van der Waals surface area contributed by atoms with Crippen molar-refractivity contribution in [1.29, 1.82) is 0 Å². The van der Waals surface area contributed by atoms with Crippen LogP contribution < -0.4 is 10.6 Å². The molecule has 20 heavy (non-hydrogen) atoms. The molecule has 0 fully saturated rings. The van der Waals surface area contributed by atoms with Crippen LogP contribution in [0.3, 0.4) is 0 Å². The van der Waals surface area contributed by atoms with Crippen LogP contribution in [0, 0.1) is 6.92 Å². The Bertz CT molecular complexity index is 551. The van der Waals surface area contributed by atoms with Gasteiger partial charge in [0, 0.05) is 16.5 Å². The molecule has 2 aromatic rings. The number of rotatable bonds is 7. The van der Waals surface area contributed by atoms with Gasteiger partial charge < -0.3 is 15.1 Å². The summed E-state index contributed by atoms with van der Waals surface area (Å²) < 4.78 is 7.05. The first-order valence-electron chi connectivity index (χ1n) is 7.15. The molecule has 1 aromatic heterocycles. The van der Waals surface area contributed by atoms with Gasteiger partial charge in [0.25, 0.3) is 0 Å². The zero-order valence-electron chi connectivity index (χ0n) is 12.2. The Morgan fingerprint density at radius 3 is 2.75 bits per heavy atom. The first-order chi connectivity index (χ1) is 9.70. The number of nitrogens with two attached hydrogens (primary N) is 2. The van der Waals surface area contributed by atoms with Crippen LogP contribution >= 0.6 is 15.9 Å². The zero-order chi connectivity index (χ0) is 14.4. The molecule has 108 valence electrons. The molecule has 0 radical (unpaired) electrons. The standard InChI is InChI=1S/C16H21BrN2O/c1-12-10-13(4-6-15(12)17)16-7-5-14(20-16)11-19-9-3-8-18-2/h4-7,10,18-19H,3,8-9,11H2,1-2H3/p+2. The van der Waals surface area contributed by atoms with Crippen molar-refractivity contribution in [3.8, 4) is 11.3 Å². The summed E-state index contributed by atoms with van der Waals surface area (Å²) in [6.07, 6.45) is 1.23. The maximum Gasteiger partial charge on any atom is 0.158 e. The number of hydrogen-bond donors (Lipinski definition) is 2. The van der Waals surface area contributed by atoms with Gasteiger partial charge in [0.15, 0.2) is 5.76 Å². The largest absolute Gasteiger partial charge is 0.455 e. The zero-order valence-corrected chi connectivity index (χ0v) is 13.7. The van der Waals surface area contributed by atoms with Crippen molar-refractivity contribution in [2.45, 2.75) is 19.9 Å². The van der Waals surface area contributed by atoms with Gasteiger partial charge in [-0.2, -0.15) is 0 Å². The van der Waals surface area contributed by atoms with E-state index in [1.54, 1.807) is 0 Å². The Labute approximate surface area is 128 Å². The van der Waals surface area contributed by atoms with Gasteiger partial charge in [-0.05, 0) is 36.8 Å². The van der Waals surface area contributed by atoms with Crippen molar-refractivity contribution in [3.05, 3.63) is 46.1 Å². The van der Waals surface area contributed by atoms with Crippen LogP contribution in [-0.4, -0.2) is 20.1 Å². The highest BCUT2D eigenvalue weighted by molar-refractivity contribution is 9.10. The Kier molecular flexibility index (Phi) is 5.83.